The van der Waals surface area contributed by atoms with Crippen molar-refractivity contribution in [1.82, 2.24) is 5.32 Å². The largest absolute Gasteiger partial charge is 0.317 e. The average Bonchev–Trinajstić information content (AvgIpc) is 2.13. The first kappa shape index (κ1) is 8.55. The van der Waals surface area contributed by atoms with Gasteiger partial charge in [0.25, 0.3) is 0 Å². The van der Waals surface area contributed by atoms with Crippen molar-refractivity contribution in [1.29, 1.82) is 0 Å². The van der Waals surface area contributed by atoms with Crippen molar-refractivity contribution in [2.24, 2.45) is 11.3 Å². The maximum atomic E-state index is 3.47. The molecule has 0 unspecified atom stereocenters. The third-order valence-electron chi connectivity index (χ3n) is 4.00. The third kappa shape index (κ3) is 1.66. The summed E-state index contributed by atoms with van der Waals surface area (Å²) in [4.78, 5) is 0. The van der Waals surface area contributed by atoms with E-state index in [2.05, 4.69) is 12.2 Å². The standard InChI is InChI=1S/C11H21N/c1-10-2-4-11(5-3-10)6-8-12-9-7-11/h10,12H,2-9H2,1H3. The van der Waals surface area contributed by atoms with Crippen LogP contribution in [-0.4, -0.2) is 13.1 Å². The molecule has 1 nitrogen and oxygen atoms in total. The van der Waals surface area contributed by atoms with E-state index in [1.807, 2.05) is 0 Å². The molecule has 0 aromatic carbocycles. The van der Waals surface area contributed by atoms with Gasteiger partial charge in [0.05, 0.1) is 0 Å². The van der Waals surface area contributed by atoms with Crippen LogP contribution in [0.5, 0.6) is 0 Å². The second-order valence-electron chi connectivity index (χ2n) is 4.93. The van der Waals surface area contributed by atoms with Crippen LogP contribution in [0.25, 0.3) is 0 Å². The number of rotatable bonds is 0. The Balaban J connectivity index is 1.92. The summed E-state index contributed by atoms with van der Waals surface area (Å²) in [5.41, 5.74) is 0.776. The molecule has 0 atom stereocenters. The van der Waals surface area contributed by atoms with Gasteiger partial charge in [-0.2, -0.15) is 0 Å². The van der Waals surface area contributed by atoms with Crippen LogP contribution in [0.4, 0.5) is 0 Å². The van der Waals surface area contributed by atoms with E-state index in [1.54, 1.807) is 0 Å². The topological polar surface area (TPSA) is 12.0 Å². The molecule has 2 rings (SSSR count). The van der Waals surface area contributed by atoms with Crippen molar-refractivity contribution in [3.63, 3.8) is 0 Å². The first-order valence-corrected chi connectivity index (χ1v) is 5.52. The van der Waals surface area contributed by atoms with Gasteiger partial charge in [0.2, 0.25) is 0 Å². The summed E-state index contributed by atoms with van der Waals surface area (Å²) < 4.78 is 0. The Bertz CT molecular complexity index is 137. The molecule has 70 valence electrons. The molecule has 0 aromatic rings. The summed E-state index contributed by atoms with van der Waals surface area (Å²) in [6.45, 7) is 4.96. The van der Waals surface area contributed by atoms with E-state index in [-0.39, 0.29) is 0 Å². The first-order chi connectivity index (χ1) is 5.81. The van der Waals surface area contributed by atoms with Crippen molar-refractivity contribution in [2.45, 2.75) is 45.4 Å². The minimum Gasteiger partial charge on any atom is -0.317 e. The normalized spacial score (nSPS) is 30.8. The highest BCUT2D eigenvalue weighted by Crippen LogP contribution is 2.44. The molecule has 0 bridgehead atoms. The van der Waals surface area contributed by atoms with E-state index in [9.17, 15) is 0 Å². The van der Waals surface area contributed by atoms with E-state index >= 15 is 0 Å². The van der Waals surface area contributed by atoms with Crippen LogP contribution in [0.2, 0.25) is 0 Å². The van der Waals surface area contributed by atoms with Gasteiger partial charge in [-0.3, -0.25) is 0 Å². The highest BCUT2D eigenvalue weighted by molar-refractivity contribution is 4.88. The fourth-order valence-corrected chi connectivity index (χ4v) is 2.83. The minimum absolute atomic E-state index is 0.776. The molecule has 2 aliphatic rings. The predicted octanol–water partition coefficient (Wildman–Crippen LogP) is 2.57. The van der Waals surface area contributed by atoms with Gasteiger partial charge in [-0.05, 0) is 50.1 Å². The highest BCUT2D eigenvalue weighted by Gasteiger charge is 2.34. The van der Waals surface area contributed by atoms with E-state index in [4.69, 9.17) is 0 Å². The number of hydrogen-bond acceptors (Lipinski definition) is 1. The van der Waals surface area contributed by atoms with E-state index in [0.717, 1.165) is 11.3 Å². The van der Waals surface area contributed by atoms with Crippen LogP contribution in [0, 0.1) is 11.3 Å². The van der Waals surface area contributed by atoms with Gasteiger partial charge in [0.15, 0.2) is 0 Å². The first-order valence-electron chi connectivity index (χ1n) is 5.52. The van der Waals surface area contributed by atoms with Crippen LogP contribution in [0.15, 0.2) is 0 Å². The molecule has 2 fully saturated rings. The second-order valence-corrected chi connectivity index (χ2v) is 4.93. The summed E-state index contributed by atoms with van der Waals surface area (Å²) in [5.74, 6) is 1.01. The smallest absolute Gasteiger partial charge is 0.00436 e. The fourth-order valence-electron chi connectivity index (χ4n) is 2.83. The maximum Gasteiger partial charge on any atom is -0.00436 e. The Morgan fingerprint density at radius 1 is 1.00 bits per heavy atom. The Morgan fingerprint density at radius 3 is 2.17 bits per heavy atom. The summed E-state index contributed by atoms with van der Waals surface area (Å²) >= 11 is 0. The minimum atomic E-state index is 0.776. The fraction of sp³-hybridized carbons (Fsp3) is 1.00. The van der Waals surface area contributed by atoms with E-state index in [1.165, 1.54) is 51.6 Å². The summed E-state index contributed by atoms with van der Waals surface area (Å²) in [5, 5.41) is 3.47. The zero-order chi connectivity index (χ0) is 8.44. The second kappa shape index (κ2) is 3.37. The van der Waals surface area contributed by atoms with Crippen molar-refractivity contribution < 1.29 is 0 Å². The number of piperidine rings is 1. The Morgan fingerprint density at radius 2 is 1.58 bits per heavy atom. The summed E-state index contributed by atoms with van der Waals surface area (Å²) in [6, 6.07) is 0. The van der Waals surface area contributed by atoms with Crippen molar-refractivity contribution >= 4 is 0 Å². The molecule has 1 heteroatoms. The van der Waals surface area contributed by atoms with Crippen LogP contribution in [-0.2, 0) is 0 Å². The third-order valence-corrected chi connectivity index (χ3v) is 4.00. The van der Waals surface area contributed by atoms with E-state index in [0.29, 0.717) is 0 Å². The Labute approximate surface area is 75.9 Å². The molecule has 0 amide bonds. The van der Waals surface area contributed by atoms with Gasteiger partial charge < -0.3 is 5.32 Å². The van der Waals surface area contributed by atoms with Crippen LogP contribution in [0.3, 0.4) is 0 Å². The van der Waals surface area contributed by atoms with Gasteiger partial charge >= 0.3 is 0 Å². The average molecular weight is 167 g/mol. The zero-order valence-electron chi connectivity index (χ0n) is 8.23. The lowest BCUT2D eigenvalue weighted by Gasteiger charge is -2.42. The van der Waals surface area contributed by atoms with Gasteiger partial charge in [-0.15, -0.1) is 0 Å². The lowest BCUT2D eigenvalue weighted by molar-refractivity contribution is 0.110. The predicted molar refractivity (Wildman–Crippen MR) is 52.2 cm³/mol. The molecule has 1 N–H and O–H groups in total. The molecule has 1 aliphatic carbocycles. The van der Waals surface area contributed by atoms with Crippen molar-refractivity contribution in [2.75, 3.05) is 13.1 Å². The molecule has 12 heavy (non-hydrogen) atoms. The Hall–Kier alpha value is -0.0400. The molecule has 1 saturated carbocycles. The lowest BCUT2D eigenvalue weighted by atomic mass is 9.66. The molecule has 1 heterocycles. The monoisotopic (exact) mass is 167 g/mol. The maximum absolute atomic E-state index is 3.47. The van der Waals surface area contributed by atoms with Gasteiger partial charge in [0, 0.05) is 0 Å². The van der Waals surface area contributed by atoms with Gasteiger partial charge in [-0.25, -0.2) is 0 Å². The molecule has 1 saturated heterocycles. The van der Waals surface area contributed by atoms with Crippen molar-refractivity contribution in [3.05, 3.63) is 0 Å². The quantitative estimate of drug-likeness (QED) is 0.584. The Kier molecular flexibility index (Phi) is 2.40. The number of hydrogen-bond donors (Lipinski definition) is 1. The van der Waals surface area contributed by atoms with Gasteiger partial charge in [-0.1, -0.05) is 19.8 Å². The summed E-state index contributed by atoms with van der Waals surface area (Å²) in [6.07, 6.45) is 8.88. The number of nitrogens with one attached hydrogen (secondary N) is 1. The lowest BCUT2D eigenvalue weighted by Crippen LogP contribution is -2.38. The molecular weight excluding hydrogens is 146 g/mol. The van der Waals surface area contributed by atoms with Crippen LogP contribution < -0.4 is 5.32 Å². The zero-order valence-corrected chi connectivity index (χ0v) is 8.23. The van der Waals surface area contributed by atoms with Crippen LogP contribution in [0.1, 0.15) is 45.4 Å². The van der Waals surface area contributed by atoms with Gasteiger partial charge in [0.1, 0.15) is 0 Å². The van der Waals surface area contributed by atoms with E-state index < -0.39 is 0 Å². The van der Waals surface area contributed by atoms with Crippen molar-refractivity contribution in [3.8, 4) is 0 Å². The van der Waals surface area contributed by atoms with Crippen LogP contribution >= 0.6 is 0 Å². The molecular formula is C11H21N. The molecule has 1 spiro atoms. The molecule has 1 aliphatic heterocycles. The summed E-state index contributed by atoms with van der Waals surface area (Å²) in [7, 11) is 0. The SMILES string of the molecule is CC1CCC2(CCNCC2)CC1. The highest BCUT2D eigenvalue weighted by atomic mass is 14.9. The molecule has 0 aromatic heterocycles. The molecule has 0 radical (unpaired) electrons.